The van der Waals surface area contributed by atoms with Crippen LogP contribution in [0.3, 0.4) is 0 Å². The summed E-state index contributed by atoms with van der Waals surface area (Å²) in [6.07, 6.45) is 0.329. The second-order valence-electron chi connectivity index (χ2n) is 6.12. The predicted octanol–water partition coefficient (Wildman–Crippen LogP) is 3.11. The molecule has 0 heterocycles. The van der Waals surface area contributed by atoms with Crippen LogP contribution < -0.4 is 10.6 Å². The number of anilines is 1. The number of hydrogen-bond donors (Lipinski definition) is 2. The van der Waals surface area contributed by atoms with Crippen LogP contribution in [0.2, 0.25) is 0 Å². The van der Waals surface area contributed by atoms with Crippen molar-refractivity contribution in [2.24, 2.45) is 0 Å². The zero-order valence-electron chi connectivity index (χ0n) is 13.5. The Balaban J connectivity index is 1.82. The Labute approximate surface area is 136 Å². The Morgan fingerprint density at radius 3 is 2.04 bits per heavy atom. The molecule has 2 aromatic rings. The van der Waals surface area contributed by atoms with E-state index in [-0.39, 0.29) is 23.8 Å². The molecule has 0 unspecified atom stereocenters. The number of hydrogen-bond acceptors (Lipinski definition) is 2. The van der Waals surface area contributed by atoms with E-state index in [1.807, 2.05) is 62.4 Å². The fourth-order valence-electron chi connectivity index (χ4n) is 2.36. The highest BCUT2D eigenvalue weighted by atomic mass is 16.2. The maximum atomic E-state index is 12.1. The second kappa shape index (κ2) is 7.58. The second-order valence-corrected chi connectivity index (χ2v) is 6.12. The molecule has 0 spiro atoms. The van der Waals surface area contributed by atoms with Crippen molar-refractivity contribution in [3.05, 3.63) is 66.2 Å². The first kappa shape index (κ1) is 16.7. The summed E-state index contributed by atoms with van der Waals surface area (Å²) in [5, 5.41) is 5.42. The number of para-hydroxylation sites is 1. The van der Waals surface area contributed by atoms with E-state index in [1.54, 1.807) is 12.1 Å². The summed E-state index contributed by atoms with van der Waals surface area (Å²) in [5.74, 6) is -0.371. The van der Waals surface area contributed by atoms with Gasteiger partial charge in [0.05, 0.1) is 6.54 Å². The first-order chi connectivity index (χ1) is 11.0. The number of amides is 2. The summed E-state index contributed by atoms with van der Waals surface area (Å²) in [5.41, 5.74) is 1.54. The van der Waals surface area contributed by atoms with Crippen LogP contribution in [-0.4, -0.2) is 18.4 Å². The number of benzene rings is 2. The number of carbonyl (C=O) groups is 2. The van der Waals surface area contributed by atoms with E-state index in [4.69, 9.17) is 0 Å². The third kappa shape index (κ3) is 5.25. The SMILES string of the molecule is CC(C)(CC(=O)NCC(=O)Nc1ccccc1)c1ccccc1. The van der Waals surface area contributed by atoms with Gasteiger partial charge in [-0.3, -0.25) is 9.59 Å². The summed E-state index contributed by atoms with van der Waals surface area (Å²) in [6, 6.07) is 19.1. The molecule has 0 radical (unpaired) electrons. The van der Waals surface area contributed by atoms with Gasteiger partial charge < -0.3 is 10.6 Å². The number of rotatable bonds is 6. The molecule has 0 atom stereocenters. The summed E-state index contributed by atoms with van der Waals surface area (Å²) < 4.78 is 0. The van der Waals surface area contributed by atoms with Crippen molar-refractivity contribution in [1.29, 1.82) is 0 Å². The van der Waals surface area contributed by atoms with Crippen LogP contribution >= 0.6 is 0 Å². The lowest BCUT2D eigenvalue weighted by Crippen LogP contribution is -2.36. The summed E-state index contributed by atoms with van der Waals surface area (Å²) in [7, 11) is 0. The summed E-state index contributed by atoms with van der Waals surface area (Å²) in [4.78, 5) is 23.9. The highest BCUT2D eigenvalue weighted by molar-refractivity contribution is 5.94. The Hall–Kier alpha value is -2.62. The van der Waals surface area contributed by atoms with Gasteiger partial charge in [-0.15, -0.1) is 0 Å². The molecule has 0 fully saturated rings. The lowest BCUT2D eigenvalue weighted by molar-refractivity contribution is -0.125. The molecule has 0 bridgehead atoms. The van der Waals surface area contributed by atoms with Crippen LogP contribution in [0.5, 0.6) is 0 Å². The Morgan fingerprint density at radius 1 is 0.870 bits per heavy atom. The van der Waals surface area contributed by atoms with Gasteiger partial charge in [0.15, 0.2) is 0 Å². The highest BCUT2D eigenvalue weighted by Gasteiger charge is 2.24. The van der Waals surface area contributed by atoms with Crippen molar-refractivity contribution >= 4 is 17.5 Å². The Bertz CT molecular complexity index is 652. The summed E-state index contributed by atoms with van der Waals surface area (Å²) >= 11 is 0. The fraction of sp³-hybridized carbons (Fsp3) is 0.263. The fourth-order valence-corrected chi connectivity index (χ4v) is 2.36. The molecule has 4 nitrogen and oxygen atoms in total. The molecule has 2 N–H and O–H groups in total. The molecule has 0 aliphatic carbocycles. The number of carbonyl (C=O) groups excluding carboxylic acids is 2. The topological polar surface area (TPSA) is 58.2 Å². The molecule has 0 aromatic heterocycles. The normalized spacial score (nSPS) is 10.9. The van der Waals surface area contributed by atoms with Gasteiger partial charge in [-0.05, 0) is 23.1 Å². The third-order valence-corrected chi connectivity index (χ3v) is 3.66. The highest BCUT2D eigenvalue weighted by Crippen LogP contribution is 2.26. The maximum absolute atomic E-state index is 12.1. The first-order valence-electron chi connectivity index (χ1n) is 7.64. The minimum atomic E-state index is -0.277. The van der Waals surface area contributed by atoms with E-state index in [9.17, 15) is 9.59 Å². The van der Waals surface area contributed by atoms with Crippen molar-refractivity contribution in [1.82, 2.24) is 5.32 Å². The van der Waals surface area contributed by atoms with Crippen LogP contribution in [0.25, 0.3) is 0 Å². The van der Waals surface area contributed by atoms with Gasteiger partial charge in [0.25, 0.3) is 0 Å². The zero-order valence-corrected chi connectivity index (χ0v) is 13.5. The van der Waals surface area contributed by atoms with Crippen LogP contribution in [0, 0.1) is 0 Å². The van der Waals surface area contributed by atoms with Crippen molar-refractivity contribution in [2.45, 2.75) is 25.7 Å². The van der Waals surface area contributed by atoms with E-state index in [2.05, 4.69) is 10.6 Å². The molecule has 0 saturated carbocycles. The van der Waals surface area contributed by atoms with Gasteiger partial charge >= 0.3 is 0 Å². The monoisotopic (exact) mass is 310 g/mol. The molecule has 2 rings (SSSR count). The zero-order chi connectivity index (χ0) is 16.7. The average Bonchev–Trinajstić information content (AvgIpc) is 2.54. The van der Waals surface area contributed by atoms with Gasteiger partial charge in [0.1, 0.15) is 0 Å². The van der Waals surface area contributed by atoms with Gasteiger partial charge in [-0.25, -0.2) is 0 Å². The van der Waals surface area contributed by atoms with E-state index in [0.29, 0.717) is 6.42 Å². The van der Waals surface area contributed by atoms with Gasteiger partial charge in [-0.1, -0.05) is 62.4 Å². The van der Waals surface area contributed by atoms with Crippen LogP contribution in [0.4, 0.5) is 5.69 Å². The van der Waals surface area contributed by atoms with Crippen LogP contribution in [0.15, 0.2) is 60.7 Å². The molecule has 2 amide bonds. The molecule has 2 aromatic carbocycles. The molecule has 0 saturated heterocycles. The van der Waals surface area contributed by atoms with Crippen LogP contribution in [-0.2, 0) is 15.0 Å². The quantitative estimate of drug-likeness (QED) is 0.861. The standard InChI is InChI=1S/C19H22N2O2/c1-19(2,15-9-5-3-6-10-15)13-17(22)20-14-18(23)21-16-11-7-4-8-12-16/h3-12H,13-14H2,1-2H3,(H,20,22)(H,21,23). The van der Waals surface area contributed by atoms with Gasteiger partial charge in [0.2, 0.25) is 11.8 Å². The van der Waals surface area contributed by atoms with E-state index >= 15 is 0 Å². The predicted molar refractivity (Wildman–Crippen MR) is 92.2 cm³/mol. The van der Waals surface area contributed by atoms with Crippen LogP contribution in [0.1, 0.15) is 25.8 Å². The molecule has 4 heteroatoms. The smallest absolute Gasteiger partial charge is 0.243 e. The third-order valence-electron chi connectivity index (χ3n) is 3.66. The lowest BCUT2D eigenvalue weighted by Gasteiger charge is -2.24. The summed E-state index contributed by atoms with van der Waals surface area (Å²) in [6.45, 7) is 4.01. The van der Waals surface area contributed by atoms with Crippen molar-refractivity contribution < 1.29 is 9.59 Å². The van der Waals surface area contributed by atoms with E-state index in [0.717, 1.165) is 11.3 Å². The largest absolute Gasteiger partial charge is 0.347 e. The Morgan fingerprint density at radius 2 is 1.43 bits per heavy atom. The molecule has 23 heavy (non-hydrogen) atoms. The Kier molecular flexibility index (Phi) is 5.52. The molecule has 0 aliphatic rings. The van der Waals surface area contributed by atoms with E-state index < -0.39 is 0 Å². The first-order valence-corrected chi connectivity index (χ1v) is 7.64. The van der Waals surface area contributed by atoms with E-state index in [1.165, 1.54) is 0 Å². The molecule has 0 aliphatic heterocycles. The van der Waals surface area contributed by atoms with Crippen molar-refractivity contribution in [2.75, 3.05) is 11.9 Å². The maximum Gasteiger partial charge on any atom is 0.243 e. The molecular weight excluding hydrogens is 288 g/mol. The van der Waals surface area contributed by atoms with Crippen molar-refractivity contribution in [3.63, 3.8) is 0 Å². The van der Waals surface area contributed by atoms with Crippen molar-refractivity contribution in [3.8, 4) is 0 Å². The molecular formula is C19H22N2O2. The molecule has 120 valence electrons. The number of nitrogens with one attached hydrogen (secondary N) is 2. The van der Waals surface area contributed by atoms with Gasteiger partial charge in [0, 0.05) is 12.1 Å². The lowest BCUT2D eigenvalue weighted by atomic mass is 9.81. The minimum absolute atomic E-state index is 0.0292. The average molecular weight is 310 g/mol. The van der Waals surface area contributed by atoms with Gasteiger partial charge in [-0.2, -0.15) is 0 Å². The minimum Gasteiger partial charge on any atom is -0.347 e.